The molecule has 2 rings (SSSR count). The topological polar surface area (TPSA) is 68.2 Å². The number of nitrogens with zero attached hydrogens (tertiary/aromatic N) is 3. The Hall–Kier alpha value is -0.940. The number of hydrogen-bond acceptors (Lipinski definition) is 5. The lowest BCUT2D eigenvalue weighted by Gasteiger charge is -2.05. The Bertz CT molecular complexity index is 310. The third-order valence-electron chi connectivity index (χ3n) is 2.60. The number of rotatable bonds is 2. The molecule has 2 N–H and O–H groups in total. The summed E-state index contributed by atoms with van der Waals surface area (Å²) in [6, 6.07) is -0.171. The number of aromatic nitrogens is 2. The molecule has 0 saturated carbocycles. The summed E-state index contributed by atoms with van der Waals surface area (Å²) in [5, 5.41) is 3.96. The molecule has 0 radical (unpaired) electrons. The molecule has 0 aliphatic carbocycles. The highest BCUT2D eigenvalue weighted by atomic mass is 16.5. The van der Waals surface area contributed by atoms with E-state index >= 15 is 0 Å². The van der Waals surface area contributed by atoms with E-state index in [2.05, 4.69) is 22.1 Å². The lowest BCUT2D eigenvalue weighted by atomic mass is 10.1. The zero-order valence-electron chi connectivity index (χ0n) is 8.60. The molecule has 0 spiro atoms. The summed E-state index contributed by atoms with van der Waals surface area (Å²) in [5.74, 6) is 1.76. The summed E-state index contributed by atoms with van der Waals surface area (Å²) >= 11 is 0. The zero-order valence-corrected chi connectivity index (χ0v) is 8.60. The summed E-state index contributed by atoms with van der Waals surface area (Å²) in [5.41, 5.74) is 5.65. The van der Waals surface area contributed by atoms with Crippen molar-refractivity contribution in [2.75, 3.05) is 20.1 Å². The van der Waals surface area contributed by atoms with E-state index in [9.17, 15) is 0 Å². The predicted octanol–water partition coefficient (Wildman–Crippen LogP) is 0.508. The normalized spacial score (nSPS) is 25.5. The van der Waals surface area contributed by atoms with Crippen LogP contribution in [0.2, 0.25) is 0 Å². The van der Waals surface area contributed by atoms with Crippen LogP contribution in [0.25, 0.3) is 0 Å². The van der Waals surface area contributed by atoms with E-state index in [1.54, 1.807) is 0 Å². The van der Waals surface area contributed by atoms with Crippen molar-refractivity contribution in [2.24, 2.45) is 5.73 Å². The van der Waals surface area contributed by atoms with Gasteiger partial charge in [0.05, 0.1) is 6.04 Å². The first kappa shape index (κ1) is 9.61. The molecule has 1 aliphatic heterocycles. The van der Waals surface area contributed by atoms with Gasteiger partial charge in [0.1, 0.15) is 0 Å². The highest BCUT2D eigenvalue weighted by Crippen LogP contribution is 2.24. The van der Waals surface area contributed by atoms with Crippen LogP contribution in [0.3, 0.4) is 0 Å². The molecule has 1 fully saturated rings. The SMILES string of the molecule is C[C@H](N)c1nc(C2CCN(C)C2)no1. The van der Waals surface area contributed by atoms with Crippen LogP contribution in [-0.4, -0.2) is 35.2 Å². The second-order valence-corrected chi connectivity index (χ2v) is 4.03. The van der Waals surface area contributed by atoms with Gasteiger partial charge in [-0.05, 0) is 26.9 Å². The van der Waals surface area contributed by atoms with E-state index in [0.717, 1.165) is 25.3 Å². The fraction of sp³-hybridized carbons (Fsp3) is 0.778. The largest absolute Gasteiger partial charge is 0.338 e. The van der Waals surface area contributed by atoms with Crippen molar-refractivity contribution in [3.8, 4) is 0 Å². The molecule has 2 atom stereocenters. The molecule has 0 aromatic carbocycles. The van der Waals surface area contributed by atoms with Gasteiger partial charge in [-0.25, -0.2) is 0 Å². The van der Waals surface area contributed by atoms with Gasteiger partial charge in [0.15, 0.2) is 5.82 Å². The molecule has 1 aromatic heterocycles. The molecule has 14 heavy (non-hydrogen) atoms. The molecule has 5 nitrogen and oxygen atoms in total. The van der Waals surface area contributed by atoms with Gasteiger partial charge >= 0.3 is 0 Å². The Balaban J connectivity index is 2.09. The van der Waals surface area contributed by atoms with Crippen LogP contribution in [-0.2, 0) is 0 Å². The average Bonchev–Trinajstić information content (AvgIpc) is 2.70. The van der Waals surface area contributed by atoms with Crippen molar-refractivity contribution in [2.45, 2.75) is 25.3 Å². The first-order valence-corrected chi connectivity index (χ1v) is 4.94. The van der Waals surface area contributed by atoms with E-state index in [1.807, 2.05) is 6.92 Å². The van der Waals surface area contributed by atoms with Gasteiger partial charge in [0.25, 0.3) is 0 Å². The van der Waals surface area contributed by atoms with Crippen LogP contribution in [0.15, 0.2) is 4.52 Å². The minimum atomic E-state index is -0.171. The second kappa shape index (κ2) is 3.67. The molecular formula is C9H16N4O. The minimum Gasteiger partial charge on any atom is -0.338 e. The Morgan fingerprint density at radius 1 is 1.64 bits per heavy atom. The van der Waals surface area contributed by atoms with Gasteiger partial charge in [0, 0.05) is 12.5 Å². The van der Waals surface area contributed by atoms with Crippen molar-refractivity contribution < 1.29 is 4.52 Å². The third kappa shape index (κ3) is 1.78. The minimum absolute atomic E-state index is 0.171. The van der Waals surface area contributed by atoms with Gasteiger partial charge in [-0.3, -0.25) is 0 Å². The van der Waals surface area contributed by atoms with Gasteiger partial charge in [0.2, 0.25) is 5.89 Å². The lowest BCUT2D eigenvalue weighted by molar-refractivity contribution is 0.353. The zero-order chi connectivity index (χ0) is 10.1. The van der Waals surface area contributed by atoms with E-state index in [1.165, 1.54) is 0 Å². The summed E-state index contributed by atoms with van der Waals surface area (Å²) in [6.07, 6.45) is 1.11. The number of likely N-dealkylation sites (N-methyl/N-ethyl adjacent to an activating group) is 1. The van der Waals surface area contributed by atoms with Crippen LogP contribution in [0.5, 0.6) is 0 Å². The number of likely N-dealkylation sites (tertiary alicyclic amines) is 1. The second-order valence-electron chi connectivity index (χ2n) is 4.03. The van der Waals surface area contributed by atoms with Gasteiger partial charge in [-0.15, -0.1) is 0 Å². The molecule has 1 unspecified atom stereocenters. The standard InChI is InChI=1S/C9H16N4O/c1-6(10)9-11-8(12-14-9)7-3-4-13(2)5-7/h6-7H,3-5,10H2,1-2H3/t6-,7?/m0/s1. The smallest absolute Gasteiger partial charge is 0.243 e. The molecule has 0 amide bonds. The van der Waals surface area contributed by atoms with E-state index in [-0.39, 0.29) is 6.04 Å². The van der Waals surface area contributed by atoms with E-state index in [4.69, 9.17) is 10.3 Å². The third-order valence-corrected chi connectivity index (χ3v) is 2.60. The quantitative estimate of drug-likeness (QED) is 0.746. The van der Waals surface area contributed by atoms with Gasteiger partial charge in [-0.1, -0.05) is 5.16 Å². The van der Waals surface area contributed by atoms with Crippen molar-refractivity contribution in [1.82, 2.24) is 15.0 Å². The van der Waals surface area contributed by atoms with Crippen LogP contribution in [0.1, 0.15) is 37.0 Å². The molecule has 0 bridgehead atoms. The van der Waals surface area contributed by atoms with Crippen molar-refractivity contribution in [3.63, 3.8) is 0 Å². The van der Waals surface area contributed by atoms with E-state index < -0.39 is 0 Å². The molecule has 2 heterocycles. The Morgan fingerprint density at radius 3 is 2.93 bits per heavy atom. The maximum Gasteiger partial charge on any atom is 0.243 e. The number of hydrogen-bond donors (Lipinski definition) is 1. The maximum atomic E-state index is 5.65. The average molecular weight is 196 g/mol. The first-order valence-electron chi connectivity index (χ1n) is 4.94. The fourth-order valence-corrected chi connectivity index (χ4v) is 1.74. The molecule has 1 aromatic rings. The van der Waals surface area contributed by atoms with Crippen molar-refractivity contribution in [1.29, 1.82) is 0 Å². The van der Waals surface area contributed by atoms with Gasteiger partial charge in [-0.2, -0.15) is 4.98 Å². The van der Waals surface area contributed by atoms with Crippen LogP contribution in [0.4, 0.5) is 0 Å². The monoisotopic (exact) mass is 196 g/mol. The molecule has 5 heteroatoms. The van der Waals surface area contributed by atoms with Crippen LogP contribution in [0, 0.1) is 0 Å². The number of nitrogens with two attached hydrogens (primary N) is 1. The molecular weight excluding hydrogens is 180 g/mol. The van der Waals surface area contributed by atoms with Crippen LogP contribution < -0.4 is 5.73 Å². The summed E-state index contributed by atoms with van der Waals surface area (Å²) in [6.45, 7) is 3.96. The lowest BCUT2D eigenvalue weighted by Crippen LogP contribution is -2.14. The summed E-state index contributed by atoms with van der Waals surface area (Å²) in [4.78, 5) is 6.57. The highest BCUT2D eigenvalue weighted by molar-refractivity contribution is 5.01. The fourth-order valence-electron chi connectivity index (χ4n) is 1.74. The molecule has 78 valence electrons. The Kier molecular flexibility index (Phi) is 2.52. The first-order chi connectivity index (χ1) is 6.66. The Labute approximate surface area is 83.3 Å². The Morgan fingerprint density at radius 2 is 2.43 bits per heavy atom. The van der Waals surface area contributed by atoms with Gasteiger partial charge < -0.3 is 15.2 Å². The van der Waals surface area contributed by atoms with E-state index in [0.29, 0.717) is 11.8 Å². The van der Waals surface area contributed by atoms with Crippen LogP contribution >= 0.6 is 0 Å². The highest BCUT2D eigenvalue weighted by Gasteiger charge is 2.25. The maximum absolute atomic E-state index is 5.65. The summed E-state index contributed by atoms with van der Waals surface area (Å²) < 4.78 is 5.07. The molecule has 1 aliphatic rings. The van der Waals surface area contributed by atoms with Crippen molar-refractivity contribution in [3.05, 3.63) is 11.7 Å². The predicted molar refractivity (Wildman–Crippen MR) is 51.8 cm³/mol. The summed E-state index contributed by atoms with van der Waals surface area (Å²) in [7, 11) is 2.10. The van der Waals surface area contributed by atoms with Crippen molar-refractivity contribution >= 4 is 0 Å². The molecule has 1 saturated heterocycles.